The smallest absolute Gasteiger partial charge is 0.151 e. The maximum atomic E-state index is 12.2. The Morgan fingerprint density at radius 2 is 2.17 bits per heavy atom. The van der Waals surface area contributed by atoms with E-state index in [9.17, 15) is 4.39 Å². The molecule has 18 heavy (non-hydrogen) atoms. The minimum absolute atomic E-state index is 0.302. The summed E-state index contributed by atoms with van der Waals surface area (Å²) in [4.78, 5) is 0. The number of halogens is 1. The molecule has 0 aromatic carbocycles. The average Bonchev–Trinajstić information content (AvgIpc) is 2.94. The standard InChI is InChI=1S/C12H18FN5/c1-3-17-9-11(7-15-17)6-14-12-10(2)8-18(16-12)5-4-13/h7-9H,3-6H2,1-2H3,(H,14,16). The summed E-state index contributed by atoms with van der Waals surface area (Å²) >= 11 is 0. The van der Waals surface area contributed by atoms with Crippen LogP contribution in [0, 0.1) is 6.92 Å². The Morgan fingerprint density at radius 1 is 1.33 bits per heavy atom. The van der Waals surface area contributed by atoms with Crippen LogP contribution in [0.4, 0.5) is 10.2 Å². The second-order valence-corrected chi connectivity index (χ2v) is 4.17. The zero-order chi connectivity index (χ0) is 13.0. The summed E-state index contributed by atoms with van der Waals surface area (Å²) in [6.45, 7) is 5.45. The van der Waals surface area contributed by atoms with Gasteiger partial charge in [-0.05, 0) is 13.8 Å². The molecule has 0 amide bonds. The first kappa shape index (κ1) is 12.6. The van der Waals surface area contributed by atoms with Crippen molar-refractivity contribution in [1.82, 2.24) is 19.6 Å². The number of aryl methyl sites for hydroxylation is 3. The van der Waals surface area contributed by atoms with E-state index in [-0.39, 0.29) is 0 Å². The second-order valence-electron chi connectivity index (χ2n) is 4.17. The molecule has 2 heterocycles. The highest BCUT2D eigenvalue weighted by Gasteiger charge is 2.05. The van der Waals surface area contributed by atoms with E-state index in [2.05, 4.69) is 15.5 Å². The molecule has 0 saturated carbocycles. The molecule has 0 radical (unpaired) electrons. The lowest BCUT2D eigenvalue weighted by molar-refractivity contribution is 0.427. The van der Waals surface area contributed by atoms with Crippen LogP contribution in [0.3, 0.4) is 0 Å². The molecule has 0 aliphatic rings. The van der Waals surface area contributed by atoms with Crippen LogP contribution in [0.2, 0.25) is 0 Å². The molecule has 0 saturated heterocycles. The van der Waals surface area contributed by atoms with Crippen molar-refractivity contribution in [2.75, 3.05) is 12.0 Å². The molecule has 1 N–H and O–H groups in total. The van der Waals surface area contributed by atoms with Gasteiger partial charge in [-0.3, -0.25) is 9.36 Å². The van der Waals surface area contributed by atoms with Crippen molar-refractivity contribution < 1.29 is 4.39 Å². The van der Waals surface area contributed by atoms with Gasteiger partial charge in [-0.2, -0.15) is 10.2 Å². The fraction of sp³-hybridized carbons (Fsp3) is 0.500. The number of hydrogen-bond donors (Lipinski definition) is 1. The van der Waals surface area contributed by atoms with E-state index in [0.29, 0.717) is 13.1 Å². The quantitative estimate of drug-likeness (QED) is 0.854. The third-order valence-electron chi connectivity index (χ3n) is 2.73. The van der Waals surface area contributed by atoms with Crippen LogP contribution in [0.5, 0.6) is 0 Å². The van der Waals surface area contributed by atoms with Gasteiger partial charge in [0.05, 0.1) is 12.7 Å². The number of nitrogens with one attached hydrogen (secondary N) is 1. The lowest BCUT2D eigenvalue weighted by atomic mass is 10.3. The molecule has 0 spiro atoms. The predicted molar refractivity (Wildman–Crippen MR) is 68.2 cm³/mol. The number of nitrogens with zero attached hydrogens (tertiary/aromatic N) is 4. The highest BCUT2D eigenvalue weighted by atomic mass is 19.1. The predicted octanol–water partition coefficient (Wildman–Crippen LogP) is 1.99. The Balaban J connectivity index is 1.96. The van der Waals surface area contributed by atoms with Crippen LogP contribution in [0.15, 0.2) is 18.6 Å². The Labute approximate surface area is 106 Å². The minimum atomic E-state index is -0.399. The van der Waals surface area contributed by atoms with Crippen molar-refractivity contribution in [3.8, 4) is 0 Å². The van der Waals surface area contributed by atoms with E-state index in [1.54, 1.807) is 4.68 Å². The lowest BCUT2D eigenvalue weighted by Crippen LogP contribution is -2.03. The molecule has 0 bridgehead atoms. The van der Waals surface area contributed by atoms with Crippen LogP contribution in [0.25, 0.3) is 0 Å². The van der Waals surface area contributed by atoms with Gasteiger partial charge >= 0.3 is 0 Å². The maximum absolute atomic E-state index is 12.2. The van der Waals surface area contributed by atoms with Gasteiger partial charge in [0.1, 0.15) is 6.67 Å². The van der Waals surface area contributed by atoms with E-state index in [1.165, 1.54) is 0 Å². The van der Waals surface area contributed by atoms with E-state index in [1.807, 2.05) is 37.1 Å². The van der Waals surface area contributed by atoms with Crippen molar-refractivity contribution in [2.45, 2.75) is 33.5 Å². The van der Waals surface area contributed by atoms with Gasteiger partial charge in [0.25, 0.3) is 0 Å². The van der Waals surface area contributed by atoms with E-state index in [4.69, 9.17) is 0 Å². The van der Waals surface area contributed by atoms with Gasteiger partial charge < -0.3 is 5.32 Å². The normalized spacial score (nSPS) is 10.8. The highest BCUT2D eigenvalue weighted by Crippen LogP contribution is 2.12. The summed E-state index contributed by atoms with van der Waals surface area (Å²) in [5, 5.41) is 11.7. The maximum Gasteiger partial charge on any atom is 0.151 e. The van der Waals surface area contributed by atoms with Gasteiger partial charge in [-0.1, -0.05) is 0 Å². The summed E-state index contributed by atoms with van der Waals surface area (Å²) in [7, 11) is 0. The number of alkyl halides is 1. The van der Waals surface area contributed by atoms with Gasteiger partial charge in [0, 0.05) is 36.6 Å². The molecule has 0 unspecified atom stereocenters. The summed E-state index contributed by atoms with van der Waals surface area (Å²) < 4.78 is 15.7. The largest absolute Gasteiger partial charge is 0.364 e. The van der Waals surface area contributed by atoms with Crippen LogP contribution < -0.4 is 5.32 Å². The fourth-order valence-electron chi connectivity index (χ4n) is 1.75. The summed E-state index contributed by atoms with van der Waals surface area (Å²) in [6.07, 6.45) is 5.68. The van der Waals surface area contributed by atoms with Gasteiger partial charge in [-0.15, -0.1) is 0 Å². The number of aromatic nitrogens is 4. The fourth-order valence-corrected chi connectivity index (χ4v) is 1.75. The summed E-state index contributed by atoms with van der Waals surface area (Å²) in [6, 6.07) is 0. The van der Waals surface area contributed by atoms with E-state index in [0.717, 1.165) is 23.5 Å². The Hall–Kier alpha value is -1.85. The highest BCUT2D eigenvalue weighted by molar-refractivity contribution is 5.42. The van der Waals surface area contributed by atoms with E-state index >= 15 is 0 Å². The molecule has 0 aliphatic heterocycles. The average molecular weight is 251 g/mol. The molecule has 0 atom stereocenters. The Bertz CT molecular complexity index is 502. The molecule has 2 rings (SSSR count). The van der Waals surface area contributed by atoms with Gasteiger partial charge in [0.15, 0.2) is 5.82 Å². The van der Waals surface area contributed by atoms with Gasteiger partial charge in [0.2, 0.25) is 0 Å². The number of hydrogen-bond acceptors (Lipinski definition) is 3. The molecule has 2 aromatic heterocycles. The van der Waals surface area contributed by atoms with Crippen LogP contribution in [-0.4, -0.2) is 26.2 Å². The van der Waals surface area contributed by atoms with Crippen LogP contribution in [-0.2, 0) is 19.6 Å². The van der Waals surface area contributed by atoms with Crippen molar-refractivity contribution in [3.63, 3.8) is 0 Å². The molecular formula is C12H18FN5. The third kappa shape index (κ3) is 2.88. The van der Waals surface area contributed by atoms with Crippen molar-refractivity contribution in [3.05, 3.63) is 29.7 Å². The second kappa shape index (κ2) is 5.66. The summed E-state index contributed by atoms with van der Waals surface area (Å²) in [5.74, 6) is 0.799. The zero-order valence-corrected chi connectivity index (χ0v) is 10.7. The molecule has 5 nitrogen and oxygen atoms in total. The van der Waals surface area contributed by atoms with Crippen molar-refractivity contribution in [1.29, 1.82) is 0 Å². The molecule has 6 heteroatoms. The summed E-state index contributed by atoms with van der Waals surface area (Å²) in [5.41, 5.74) is 2.13. The molecule has 0 aliphatic carbocycles. The van der Waals surface area contributed by atoms with Gasteiger partial charge in [-0.25, -0.2) is 4.39 Å². The first-order valence-electron chi connectivity index (χ1n) is 6.08. The monoisotopic (exact) mass is 251 g/mol. The molecule has 2 aromatic rings. The zero-order valence-electron chi connectivity index (χ0n) is 10.7. The SMILES string of the molecule is CCn1cc(CNc2nn(CCF)cc2C)cn1. The Morgan fingerprint density at radius 3 is 2.83 bits per heavy atom. The number of rotatable bonds is 6. The lowest BCUT2D eigenvalue weighted by Gasteiger charge is -2.01. The topological polar surface area (TPSA) is 47.7 Å². The minimum Gasteiger partial charge on any atom is -0.364 e. The Kier molecular flexibility index (Phi) is 3.96. The third-order valence-corrected chi connectivity index (χ3v) is 2.73. The van der Waals surface area contributed by atoms with Crippen molar-refractivity contribution in [2.24, 2.45) is 0 Å². The van der Waals surface area contributed by atoms with E-state index < -0.39 is 6.67 Å². The molecular weight excluding hydrogens is 233 g/mol. The number of anilines is 1. The first-order chi connectivity index (χ1) is 8.72. The molecule has 0 fully saturated rings. The van der Waals surface area contributed by atoms with Crippen LogP contribution in [0.1, 0.15) is 18.1 Å². The first-order valence-corrected chi connectivity index (χ1v) is 6.08. The van der Waals surface area contributed by atoms with Crippen LogP contribution >= 0.6 is 0 Å². The molecule has 98 valence electrons. The van der Waals surface area contributed by atoms with Crippen molar-refractivity contribution >= 4 is 5.82 Å².